The normalized spacial score (nSPS) is 9.68. The number of rotatable bonds is 10. The summed E-state index contributed by atoms with van der Waals surface area (Å²) in [6.07, 6.45) is 1.10. The van der Waals surface area contributed by atoms with Crippen molar-refractivity contribution in [1.29, 1.82) is 0 Å². The number of hydrogen-bond acceptors (Lipinski definition) is 4. The van der Waals surface area contributed by atoms with Crippen molar-refractivity contribution in [2.75, 3.05) is 27.2 Å². The molecule has 0 saturated heterocycles. The molecule has 0 saturated carbocycles. The van der Waals surface area contributed by atoms with E-state index in [-0.39, 0.29) is 24.8 Å². The molecule has 25 heavy (non-hydrogen) atoms. The van der Waals surface area contributed by atoms with Gasteiger partial charge in [-0.1, -0.05) is 42.5 Å². The van der Waals surface area contributed by atoms with Crippen molar-refractivity contribution in [1.82, 2.24) is 10.6 Å². The molecule has 4 nitrogen and oxygen atoms in total. The van der Waals surface area contributed by atoms with Gasteiger partial charge >= 0.3 is 0 Å². The molecule has 0 aliphatic carbocycles. The summed E-state index contributed by atoms with van der Waals surface area (Å²) in [5, 5.41) is 6.60. The molecular formula is C19H28Cl2N2O2. The van der Waals surface area contributed by atoms with Crippen molar-refractivity contribution < 1.29 is 9.47 Å². The Hall–Kier alpha value is -1.46. The summed E-state index contributed by atoms with van der Waals surface area (Å²) in [6, 6.07) is 16.2. The molecule has 0 radical (unpaired) electrons. The van der Waals surface area contributed by atoms with Crippen LogP contribution in [0.25, 0.3) is 0 Å². The SMILES string of the molecule is CNCCCNCc1cccc(OC)c1OCc1ccccc1.Cl.Cl. The summed E-state index contributed by atoms with van der Waals surface area (Å²) in [6.45, 7) is 3.29. The Balaban J connectivity index is 0.00000288. The first-order valence-electron chi connectivity index (χ1n) is 8.03. The molecule has 0 heterocycles. The molecule has 0 bridgehead atoms. The molecule has 0 aliphatic rings. The van der Waals surface area contributed by atoms with Crippen LogP contribution in [0.2, 0.25) is 0 Å². The minimum absolute atomic E-state index is 0. The fourth-order valence-corrected chi connectivity index (χ4v) is 2.37. The second-order valence-electron chi connectivity index (χ2n) is 5.36. The third-order valence-corrected chi connectivity index (χ3v) is 3.60. The van der Waals surface area contributed by atoms with Crippen LogP contribution in [-0.4, -0.2) is 27.2 Å². The van der Waals surface area contributed by atoms with E-state index in [4.69, 9.17) is 9.47 Å². The van der Waals surface area contributed by atoms with Gasteiger partial charge in [-0.05, 0) is 38.2 Å². The zero-order chi connectivity index (χ0) is 16.3. The van der Waals surface area contributed by atoms with Crippen molar-refractivity contribution in [3.8, 4) is 11.5 Å². The highest BCUT2D eigenvalue weighted by molar-refractivity contribution is 5.85. The Labute approximate surface area is 163 Å². The van der Waals surface area contributed by atoms with E-state index in [9.17, 15) is 0 Å². The zero-order valence-electron chi connectivity index (χ0n) is 14.8. The maximum Gasteiger partial charge on any atom is 0.166 e. The topological polar surface area (TPSA) is 42.5 Å². The van der Waals surface area contributed by atoms with Gasteiger partial charge in [-0.15, -0.1) is 24.8 Å². The zero-order valence-corrected chi connectivity index (χ0v) is 16.4. The number of ether oxygens (including phenoxy) is 2. The molecule has 0 aliphatic heterocycles. The second-order valence-corrected chi connectivity index (χ2v) is 5.36. The third-order valence-electron chi connectivity index (χ3n) is 3.60. The first-order valence-corrected chi connectivity index (χ1v) is 8.03. The standard InChI is InChI=1S/C19H26N2O2.2ClH/c1-20-12-7-13-21-14-17-10-6-11-18(22-2)19(17)23-15-16-8-4-3-5-9-16;;/h3-6,8-11,20-21H,7,12-15H2,1-2H3;2*1H. The van der Waals surface area contributed by atoms with E-state index < -0.39 is 0 Å². The van der Waals surface area contributed by atoms with Gasteiger partial charge in [0.15, 0.2) is 11.5 Å². The number of hydrogen-bond donors (Lipinski definition) is 2. The van der Waals surface area contributed by atoms with Gasteiger partial charge in [0.05, 0.1) is 7.11 Å². The van der Waals surface area contributed by atoms with Gasteiger partial charge in [0, 0.05) is 12.1 Å². The van der Waals surface area contributed by atoms with Gasteiger partial charge in [0.25, 0.3) is 0 Å². The first-order chi connectivity index (χ1) is 11.3. The lowest BCUT2D eigenvalue weighted by Crippen LogP contribution is -2.19. The van der Waals surface area contributed by atoms with Crippen molar-refractivity contribution in [2.45, 2.75) is 19.6 Å². The molecule has 140 valence electrons. The molecule has 2 aromatic rings. The number of nitrogens with one attached hydrogen (secondary N) is 2. The lowest BCUT2D eigenvalue weighted by Gasteiger charge is -2.15. The smallest absolute Gasteiger partial charge is 0.166 e. The quantitative estimate of drug-likeness (QED) is 0.609. The van der Waals surface area contributed by atoms with Crippen LogP contribution in [0.1, 0.15) is 17.5 Å². The summed E-state index contributed by atoms with van der Waals surface area (Å²) < 4.78 is 11.5. The molecule has 0 amide bonds. The minimum Gasteiger partial charge on any atom is -0.493 e. The van der Waals surface area contributed by atoms with E-state index in [1.165, 1.54) is 0 Å². The highest BCUT2D eigenvalue weighted by atomic mass is 35.5. The predicted molar refractivity (Wildman–Crippen MR) is 109 cm³/mol. The van der Waals surface area contributed by atoms with Crippen LogP contribution in [0.3, 0.4) is 0 Å². The molecule has 0 aromatic heterocycles. The van der Waals surface area contributed by atoms with Gasteiger partial charge in [0.1, 0.15) is 6.61 Å². The summed E-state index contributed by atoms with van der Waals surface area (Å²) in [7, 11) is 3.65. The Morgan fingerprint density at radius 1 is 0.920 bits per heavy atom. The number of halogens is 2. The Bertz CT molecular complexity index is 583. The van der Waals surface area contributed by atoms with Crippen LogP contribution in [0.4, 0.5) is 0 Å². The van der Waals surface area contributed by atoms with Gasteiger partial charge in [0.2, 0.25) is 0 Å². The van der Waals surface area contributed by atoms with E-state index in [0.717, 1.165) is 48.7 Å². The molecule has 0 atom stereocenters. The van der Waals surface area contributed by atoms with Gasteiger partial charge in [-0.2, -0.15) is 0 Å². The summed E-state index contributed by atoms with van der Waals surface area (Å²) >= 11 is 0. The summed E-state index contributed by atoms with van der Waals surface area (Å²) in [5.74, 6) is 1.59. The summed E-state index contributed by atoms with van der Waals surface area (Å²) in [4.78, 5) is 0. The lowest BCUT2D eigenvalue weighted by atomic mass is 10.1. The Morgan fingerprint density at radius 3 is 2.36 bits per heavy atom. The van der Waals surface area contributed by atoms with Crippen LogP contribution in [0.15, 0.2) is 48.5 Å². The molecule has 0 fully saturated rings. The number of para-hydroxylation sites is 1. The average Bonchev–Trinajstić information content (AvgIpc) is 2.61. The molecule has 6 heteroatoms. The van der Waals surface area contributed by atoms with Crippen molar-refractivity contribution in [3.63, 3.8) is 0 Å². The van der Waals surface area contributed by atoms with Gasteiger partial charge in [-0.3, -0.25) is 0 Å². The van der Waals surface area contributed by atoms with Crippen LogP contribution < -0.4 is 20.1 Å². The molecule has 0 spiro atoms. The lowest BCUT2D eigenvalue weighted by molar-refractivity contribution is 0.280. The average molecular weight is 387 g/mol. The maximum atomic E-state index is 6.05. The summed E-state index contributed by atoms with van der Waals surface area (Å²) in [5.41, 5.74) is 2.26. The van der Waals surface area contributed by atoms with Crippen molar-refractivity contribution in [2.24, 2.45) is 0 Å². The van der Waals surface area contributed by atoms with Crippen molar-refractivity contribution >= 4 is 24.8 Å². The van der Waals surface area contributed by atoms with Crippen molar-refractivity contribution in [3.05, 3.63) is 59.7 Å². The largest absolute Gasteiger partial charge is 0.493 e. The molecule has 2 aromatic carbocycles. The maximum absolute atomic E-state index is 6.05. The third kappa shape index (κ3) is 7.97. The fourth-order valence-electron chi connectivity index (χ4n) is 2.37. The van der Waals surface area contributed by atoms with E-state index in [1.807, 2.05) is 37.4 Å². The molecular weight excluding hydrogens is 359 g/mol. The Kier molecular flexibility index (Phi) is 13.0. The molecule has 2 N–H and O–H groups in total. The Morgan fingerprint density at radius 2 is 1.68 bits per heavy atom. The van der Waals surface area contributed by atoms with Crippen LogP contribution >= 0.6 is 24.8 Å². The fraction of sp³-hybridized carbons (Fsp3) is 0.368. The molecule has 0 unspecified atom stereocenters. The highest BCUT2D eigenvalue weighted by Gasteiger charge is 2.10. The first kappa shape index (κ1) is 23.5. The van der Waals surface area contributed by atoms with E-state index in [0.29, 0.717) is 6.61 Å². The number of methoxy groups -OCH3 is 1. The van der Waals surface area contributed by atoms with Crippen LogP contribution in [-0.2, 0) is 13.2 Å². The minimum atomic E-state index is 0. The van der Waals surface area contributed by atoms with Crippen LogP contribution in [0.5, 0.6) is 11.5 Å². The van der Waals surface area contributed by atoms with E-state index in [2.05, 4.69) is 28.8 Å². The monoisotopic (exact) mass is 386 g/mol. The van der Waals surface area contributed by atoms with Gasteiger partial charge in [-0.25, -0.2) is 0 Å². The van der Waals surface area contributed by atoms with Crippen LogP contribution in [0, 0.1) is 0 Å². The second kappa shape index (κ2) is 13.8. The van der Waals surface area contributed by atoms with E-state index >= 15 is 0 Å². The molecule has 2 rings (SSSR count). The van der Waals surface area contributed by atoms with E-state index in [1.54, 1.807) is 7.11 Å². The van der Waals surface area contributed by atoms with Gasteiger partial charge < -0.3 is 20.1 Å². The highest BCUT2D eigenvalue weighted by Crippen LogP contribution is 2.31. The number of benzene rings is 2. The predicted octanol–water partition coefficient (Wildman–Crippen LogP) is 3.82.